The molecule has 8 heavy (non-hydrogen) atoms. The molecule has 47 valence electrons. The summed E-state index contributed by atoms with van der Waals surface area (Å²) in [5.41, 5.74) is 0. The molecule has 0 N–H and O–H groups in total. The van der Waals surface area contributed by atoms with Crippen molar-refractivity contribution in [2.45, 2.75) is 9.46 Å². The Balaban J connectivity index is 2.72. The van der Waals surface area contributed by atoms with Crippen molar-refractivity contribution in [1.29, 1.82) is 0 Å². The molecule has 0 nitrogen and oxygen atoms in total. The fourth-order valence-corrected chi connectivity index (χ4v) is 1.27. The Kier molecular flexibility index (Phi) is 1.41. The third-order valence-electron chi connectivity index (χ3n) is 0.883. The maximum Gasteiger partial charge on any atom is 0.242 e. The quantitative estimate of drug-likeness (QED) is 0.523. The lowest BCUT2D eigenvalue weighted by molar-refractivity contribution is 0.435. The van der Waals surface area contributed by atoms with Crippen LogP contribution in [0.3, 0.4) is 0 Å². The minimum atomic E-state index is -2.21. The van der Waals surface area contributed by atoms with Crippen LogP contribution in [0, 0.1) is 5.38 Å². The molecule has 0 aromatic carbocycles. The van der Waals surface area contributed by atoms with E-state index in [1.807, 2.05) is 0 Å². The summed E-state index contributed by atoms with van der Waals surface area (Å²) in [5, 5.41) is -2.47. The molecule has 1 fully saturated rings. The molecule has 1 rings (SSSR count). The average Bonchev–Trinajstić information content (AvgIpc) is 1.88. The van der Waals surface area contributed by atoms with Gasteiger partial charge in [0.15, 0.2) is 9.71 Å². The second-order valence-corrected chi connectivity index (χ2v) is 3.69. The van der Waals surface area contributed by atoms with Crippen molar-refractivity contribution in [3.63, 3.8) is 0 Å². The van der Waals surface area contributed by atoms with E-state index in [1.165, 1.54) is 0 Å². The SMILES string of the molecule is FC1(Cl)[C](Cl)C1(Cl)Cl. The Morgan fingerprint density at radius 2 is 1.38 bits per heavy atom. The van der Waals surface area contributed by atoms with Crippen molar-refractivity contribution in [3.05, 3.63) is 5.38 Å². The highest BCUT2D eigenvalue weighted by Crippen LogP contribution is 2.71. The summed E-state index contributed by atoms with van der Waals surface area (Å²) in [7, 11) is 0. The first-order valence-electron chi connectivity index (χ1n) is 1.69. The van der Waals surface area contributed by atoms with Crippen LogP contribution in [0.4, 0.5) is 4.39 Å². The highest BCUT2D eigenvalue weighted by Gasteiger charge is 2.79. The molecular formula is C3Cl4F. The van der Waals surface area contributed by atoms with Crippen molar-refractivity contribution in [1.82, 2.24) is 0 Å². The lowest BCUT2D eigenvalue weighted by atomic mass is 10.9. The number of hydrogen-bond donors (Lipinski definition) is 0. The van der Waals surface area contributed by atoms with Crippen LogP contribution >= 0.6 is 46.4 Å². The first-order chi connectivity index (χ1) is 3.40. The normalized spacial score (nSPS) is 44.6. The number of alkyl halides is 4. The van der Waals surface area contributed by atoms with Crippen LogP contribution in [0.5, 0.6) is 0 Å². The van der Waals surface area contributed by atoms with Crippen LogP contribution < -0.4 is 0 Å². The third kappa shape index (κ3) is 0.652. The Labute approximate surface area is 65.8 Å². The molecule has 0 amide bonds. The first kappa shape index (κ1) is 7.20. The van der Waals surface area contributed by atoms with Gasteiger partial charge >= 0.3 is 0 Å². The van der Waals surface area contributed by atoms with E-state index >= 15 is 0 Å². The fourth-order valence-electron chi connectivity index (χ4n) is 0.261. The molecule has 0 aromatic rings. The molecule has 0 aliphatic heterocycles. The molecule has 5 heteroatoms. The average molecular weight is 197 g/mol. The molecule has 1 atom stereocenters. The van der Waals surface area contributed by atoms with Gasteiger partial charge in [0.2, 0.25) is 5.13 Å². The van der Waals surface area contributed by atoms with E-state index < -0.39 is 9.46 Å². The zero-order valence-corrected chi connectivity index (χ0v) is 6.41. The molecule has 1 aliphatic rings. The van der Waals surface area contributed by atoms with Crippen molar-refractivity contribution < 1.29 is 4.39 Å². The number of hydrogen-bond acceptors (Lipinski definition) is 0. The van der Waals surface area contributed by atoms with Gasteiger partial charge in [-0.2, -0.15) is 0 Å². The van der Waals surface area contributed by atoms with Crippen LogP contribution in [-0.2, 0) is 0 Å². The second-order valence-electron chi connectivity index (χ2n) is 1.46. The Hall–Kier alpha value is 1.09. The van der Waals surface area contributed by atoms with E-state index in [9.17, 15) is 4.39 Å². The minimum Gasteiger partial charge on any atom is -0.221 e. The smallest absolute Gasteiger partial charge is 0.221 e. The van der Waals surface area contributed by atoms with Crippen molar-refractivity contribution >= 4 is 46.4 Å². The molecule has 1 saturated carbocycles. The maximum absolute atomic E-state index is 12.3. The van der Waals surface area contributed by atoms with Gasteiger partial charge in [-0.25, -0.2) is 4.39 Å². The van der Waals surface area contributed by atoms with Gasteiger partial charge in [-0.3, -0.25) is 0 Å². The zero-order chi connectivity index (χ0) is 6.58. The Bertz CT molecular complexity index is 106. The molecule has 0 aromatic heterocycles. The molecule has 0 spiro atoms. The maximum atomic E-state index is 12.3. The van der Waals surface area contributed by atoms with Gasteiger partial charge in [0.05, 0.1) is 0 Å². The first-order valence-corrected chi connectivity index (χ1v) is 3.21. The fraction of sp³-hybridized carbons (Fsp3) is 0.667. The van der Waals surface area contributed by atoms with Crippen LogP contribution in [0.2, 0.25) is 0 Å². The van der Waals surface area contributed by atoms with E-state index in [1.54, 1.807) is 0 Å². The largest absolute Gasteiger partial charge is 0.242 e. The molecule has 1 aliphatic carbocycles. The van der Waals surface area contributed by atoms with Crippen LogP contribution in [0.25, 0.3) is 0 Å². The van der Waals surface area contributed by atoms with E-state index in [0.29, 0.717) is 0 Å². The third-order valence-corrected chi connectivity index (χ3v) is 3.28. The van der Waals surface area contributed by atoms with Gasteiger partial charge in [-0.15, -0.1) is 11.6 Å². The summed E-state index contributed by atoms with van der Waals surface area (Å²) in [5.74, 6) is 0. The molecule has 0 saturated heterocycles. The van der Waals surface area contributed by atoms with E-state index in [-0.39, 0.29) is 5.38 Å². The van der Waals surface area contributed by atoms with Gasteiger partial charge in [0.1, 0.15) is 0 Å². The van der Waals surface area contributed by atoms with Gasteiger partial charge < -0.3 is 0 Å². The van der Waals surface area contributed by atoms with Crippen molar-refractivity contribution in [2.24, 2.45) is 0 Å². The summed E-state index contributed by atoms with van der Waals surface area (Å²) in [6, 6.07) is 0. The van der Waals surface area contributed by atoms with E-state index in [2.05, 4.69) is 0 Å². The van der Waals surface area contributed by atoms with Crippen molar-refractivity contribution in [3.8, 4) is 0 Å². The predicted molar refractivity (Wildman–Crippen MR) is 33.2 cm³/mol. The lowest BCUT2D eigenvalue weighted by Gasteiger charge is -1.90. The summed E-state index contributed by atoms with van der Waals surface area (Å²) in [6.07, 6.45) is 0. The van der Waals surface area contributed by atoms with E-state index in [0.717, 1.165) is 0 Å². The Morgan fingerprint density at radius 3 is 1.38 bits per heavy atom. The molecule has 0 bridgehead atoms. The highest BCUT2D eigenvalue weighted by molar-refractivity contribution is 6.67. The van der Waals surface area contributed by atoms with Gasteiger partial charge in [0.25, 0.3) is 0 Å². The van der Waals surface area contributed by atoms with Crippen molar-refractivity contribution in [2.75, 3.05) is 0 Å². The monoisotopic (exact) mass is 195 g/mol. The number of rotatable bonds is 0. The zero-order valence-electron chi connectivity index (χ0n) is 3.39. The minimum absolute atomic E-state index is 0.255. The van der Waals surface area contributed by atoms with Gasteiger partial charge in [-0.1, -0.05) is 34.8 Å². The summed E-state index contributed by atoms with van der Waals surface area (Å²) >= 11 is 20.4. The second kappa shape index (κ2) is 1.57. The topological polar surface area (TPSA) is 0 Å². The standard InChI is InChI=1S/C3Cl4F/c4-1-2(5,6)3(1,7)8. The Morgan fingerprint density at radius 1 is 1.25 bits per heavy atom. The van der Waals surface area contributed by atoms with Crippen LogP contribution in [0.1, 0.15) is 0 Å². The number of halogens is 5. The molecule has 1 unspecified atom stereocenters. The molecule has 0 heterocycles. The van der Waals surface area contributed by atoms with Crippen LogP contribution in [0.15, 0.2) is 0 Å². The summed E-state index contributed by atoms with van der Waals surface area (Å²) in [6.45, 7) is 0. The van der Waals surface area contributed by atoms with Gasteiger partial charge in [-0.05, 0) is 0 Å². The summed E-state index contributed by atoms with van der Waals surface area (Å²) in [4.78, 5) is 0. The molecular weight excluding hydrogens is 197 g/mol. The van der Waals surface area contributed by atoms with E-state index in [4.69, 9.17) is 46.4 Å². The van der Waals surface area contributed by atoms with Crippen LogP contribution in [-0.4, -0.2) is 9.46 Å². The molecule has 1 radical (unpaired) electrons. The van der Waals surface area contributed by atoms with Gasteiger partial charge in [0, 0.05) is 0 Å². The summed E-state index contributed by atoms with van der Waals surface area (Å²) < 4.78 is 10.6. The lowest BCUT2D eigenvalue weighted by Crippen LogP contribution is -1.98. The predicted octanol–water partition coefficient (Wildman–Crippen LogP) is 2.85. The highest BCUT2D eigenvalue weighted by atomic mass is 35.5.